The molecule has 2 rings (SSSR count). The van der Waals surface area contributed by atoms with Gasteiger partial charge in [0.15, 0.2) is 0 Å². The Morgan fingerprint density at radius 1 is 1.25 bits per heavy atom. The van der Waals surface area contributed by atoms with Crippen LogP contribution in [0.1, 0.15) is 31.0 Å². The van der Waals surface area contributed by atoms with Crippen molar-refractivity contribution >= 4 is 0 Å². The molecule has 1 heterocycles. The van der Waals surface area contributed by atoms with Crippen molar-refractivity contribution in [2.45, 2.75) is 26.7 Å². The third kappa shape index (κ3) is 1.87. The number of hydrogen-bond donors (Lipinski definition) is 0. The van der Waals surface area contributed by atoms with Gasteiger partial charge < -0.3 is 0 Å². The maximum Gasteiger partial charge on any atom is 0.0571 e. The second kappa shape index (κ2) is 4.12. The summed E-state index contributed by atoms with van der Waals surface area (Å²) in [7, 11) is 1.98. The molecule has 0 amide bonds. The highest BCUT2D eigenvalue weighted by Gasteiger charge is 2.07. The van der Waals surface area contributed by atoms with Crippen LogP contribution in [0, 0.1) is 6.92 Å². The van der Waals surface area contributed by atoms with Crippen LogP contribution in [0.2, 0.25) is 0 Å². The molecule has 0 bridgehead atoms. The molecule has 0 fully saturated rings. The Labute approximate surface area is 96.9 Å². The first-order valence-electron chi connectivity index (χ1n) is 5.68. The summed E-state index contributed by atoms with van der Waals surface area (Å²) in [5.41, 5.74) is 5.07. The van der Waals surface area contributed by atoms with Crippen LogP contribution >= 0.6 is 0 Å². The van der Waals surface area contributed by atoms with Crippen LogP contribution in [0.25, 0.3) is 11.1 Å². The Morgan fingerprint density at radius 3 is 2.56 bits per heavy atom. The molecule has 2 heteroatoms. The summed E-state index contributed by atoms with van der Waals surface area (Å²) in [6.45, 7) is 6.54. The first-order chi connectivity index (χ1) is 7.59. The monoisotopic (exact) mass is 214 g/mol. The number of hydrogen-bond acceptors (Lipinski definition) is 1. The van der Waals surface area contributed by atoms with Gasteiger partial charge in [0.05, 0.1) is 6.20 Å². The summed E-state index contributed by atoms with van der Waals surface area (Å²) in [4.78, 5) is 0. The minimum atomic E-state index is 0.567. The Morgan fingerprint density at radius 2 is 2.00 bits per heavy atom. The molecule has 1 aromatic heterocycles. The summed E-state index contributed by atoms with van der Waals surface area (Å²) in [5, 5.41) is 4.28. The SMILES string of the molecule is Cc1c(-c2cccc(C(C)C)c2)cnn1C. The van der Waals surface area contributed by atoms with E-state index in [-0.39, 0.29) is 0 Å². The van der Waals surface area contributed by atoms with Gasteiger partial charge in [0.2, 0.25) is 0 Å². The predicted octanol–water partition coefficient (Wildman–Crippen LogP) is 3.52. The van der Waals surface area contributed by atoms with Crippen molar-refractivity contribution in [3.8, 4) is 11.1 Å². The van der Waals surface area contributed by atoms with Gasteiger partial charge in [-0.2, -0.15) is 5.10 Å². The van der Waals surface area contributed by atoms with Crippen LogP contribution in [0.4, 0.5) is 0 Å². The number of aromatic nitrogens is 2. The standard InChI is InChI=1S/C14H18N2/c1-10(2)12-6-5-7-13(8-12)14-9-15-16(4)11(14)3/h5-10H,1-4H3. The smallest absolute Gasteiger partial charge is 0.0571 e. The van der Waals surface area contributed by atoms with E-state index in [1.54, 1.807) is 0 Å². The summed E-state index contributed by atoms with van der Waals surface area (Å²) in [6, 6.07) is 8.71. The van der Waals surface area contributed by atoms with Crippen LogP contribution in [-0.4, -0.2) is 9.78 Å². The first kappa shape index (κ1) is 10.9. The van der Waals surface area contributed by atoms with E-state index in [4.69, 9.17) is 0 Å². The molecule has 0 spiro atoms. The van der Waals surface area contributed by atoms with Crippen LogP contribution < -0.4 is 0 Å². The molecule has 0 radical (unpaired) electrons. The molecule has 0 aliphatic heterocycles. The van der Waals surface area contributed by atoms with Crippen LogP contribution in [0.3, 0.4) is 0 Å². The molecule has 84 valence electrons. The molecule has 0 atom stereocenters. The summed E-state index contributed by atoms with van der Waals surface area (Å²) >= 11 is 0. The fraction of sp³-hybridized carbons (Fsp3) is 0.357. The van der Waals surface area contributed by atoms with E-state index in [1.807, 2.05) is 17.9 Å². The molecule has 2 aromatic rings. The van der Waals surface area contributed by atoms with Gasteiger partial charge in [-0.25, -0.2) is 0 Å². The lowest BCUT2D eigenvalue weighted by Crippen LogP contribution is -1.93. The van der Waals surface area contributed by atoms with E-state index in [0.29, 0.717) is 5.92 Å². The number of rotatable bonds is 2. The average molecular weight is 214 g/mol. The highest BCUT2D eigenvalue weighted by molar-refractivity contribution is 5.65. The van der Waals surface area contributed by atoms with Gasteiger partial charge in [-0.3, -0.25) is 4.68 Å². The first-order valence-corrected chi connectivity index (χ1v) is 5.68. The van der Waals surface area contributed by atoms with Gasteiger partial charge in [-0.1, -0.05) is 38.1 Å². The van der Waals surface area contributed by atoms with E-state index < -0.39 is 0 Å². The van der Waals surface area contributed by atoms with Gasteiger partial charge in [-0.15, -0.1) is 0 Å². The Hall–Kier alpha value is -1.57. The van der Waals surface area contributed by atoms with Crippen LogP contribution in [-0.2, 0) is 7.05 Å². The van der Waals surface area contributed by atoms with E-state index >= 15 is 0 Å². The Bertz CT molecular complexity index is 495. The summed E-state index contributed by atoms with van der Waals surface area (Å²) < 4.78 is 1.91. The van der Waals surface area contributed by atoms with Crippen molar-refractivity contribution in [1.29, 1.82) is 0 Å². The maximum absolute atomic E-state index is 4.28. The fourth-order valence-electron chi connectivity index (χ4n) is 1.85. The topological polar surface area (TPSA) is 17.8 Å². The quantitative estimate of drug-likeness (QED) is 0.748. The zero-order valence-corrected chi connectivity index (χ0v) is 10.4. The second-order valence-corrected chi connectivity index (χ2v) is 4.55. The molecule has 16 heavy (non-hydrogen) atoms. The fourth-order valence-corrected chi connectivity index (χ4v) is 1.85. The molecular weight excluding hydrogens is 196 g/mol. The van der Waals surface area contributed by atoms with Crippen LogP contribution in [0.15, 0.2) is 30.5 Å². The number of aryl methyl sites for hydroxylation is 1. The largest absolute Gasteiger partial charge is 0.272 e. The third-order valence-corrected chi connectivity index (χ3v) is 3.10. The third-order valence-electron chi connectivity index (χ3n) is 3.10. The molecule has 0 unspecified atom stereocenters. The second-order valence-electron chi connectivity index (χ2n) is 4.55. The predicted molar refractivity (Wildman–Crippen MR) is 67.5 cm³/mol. The molecule has 0 N–H and O–H groups in total. The number of nitrogens with zero attached hydrogens (tertiary/aromatic N) is 2. The number of benzene rings is 1. The van der Waals surface area contributed by atoms with Crippen molar-refractivity contribution in [3.05, 3.63) is 41.7 Å². The lowest BCUT2D eigenvalue weighted by molar-refractivity contribution is 0.740. The molecular formula is C14H18N2. The van der Waals surface area contributed by atoms with E-state index in [2.05, 4.69) is 50.1 Å². The zero-order valence-electron chi connectivity index (χ0n) is 10.4. The Kier molecular flexibility index (Phi) is 2.82. The van der Waals surface area contributed by atoms with E-state index in [0.717, 1.165) is 0 Å². The summed E-state index contributed by atoms with van der Waals surface area (Å²) in [6.07, 6.45) is 1.94. The highest BCUT2D eigenvalue weighted by atomic mass is 15.3. The van der Waals surface area contributed by atoms with Crippen molar-refractivity contribution in [3.63, 3.8) is 0 Å². The van der Waals surface area contributed by atoms with Gasteiger partial charge in [-0.05, 0) is 24.0 Å². The Balaban J connectivity index is 2.48. The van der Waals surface area contributed by atoms with Crippen LogP contribution in [0.5, 0.6) is 0 Å². The molecule has 0 saturated carbocycles. The lowest BCUT2D eigenvalue weighted by atomic mass is 9.98. The minimum absolute atomic E-state index is 0.567. The molecule has 1 aromatic carbocycles. The van der Waals surface area contributed by atoms with E-state index in [9.17, 15) is 0 Å². The van der Waals surface area contributed by atoms with Crippen molar-refractivity contribution in [2.24, 2.45) is 7.05 Å². The molecule has 0 aliphatic carbocycles. The molecule has 2 nitrogen and oxygen atoms in total. The molecule has 0 aliphatic rings. The van der Waals surface area contributed by atoms with Crippen molar-refractivity contribution in [2.75, 3.05) is 0 Å². The summed E-state index contributed by atoms with van der Waals surface area (Å²) in [5.74, 6) is 0.567. The highest BCUT2D eigenvalue weighted by Crippen LogP contribution is 2.25. The maximum atomic E-state index is 4.28. The van der Waals surface area contributed by atoms with Crippen molar-refractivity contribution < 1.29 is 0 Å². The van der Waals surface area contributed by atoms with Gasteiger partial charge >= 0.3 is 0 Å². The normalized spacial score (nSPS) is 11.1. The average Bonchev–Trinajstić information content (AvgIpc) is 2.60. The lowest BCUT2D eigenvalue weighted by Gasteiger charge is -2.07. The minimum Gasteiger partial charge on any atom is -0.272 e. The van der Waals surface area contributed by atoms with Gasteiger partial charge in [0.1, 0.15) is 0 Å². The van der Waals surface area contributed by atoms with Gasteiger partial charge in [0.25, 0.3) is 0 Å². The van der Waals surface area contributed by atoms with Gasteiger partial charge in [0, 0.05) is 18.3 Å². The molecule has 0 saturated heterocycles. The van der Waals surface area contributed by atoms with E-state index in [1.165, 1.54) is 22.4 Å². The zero-order chi connectivity index (χ0) is 11.7. The van der Waals surface area contributed by atoms with Crippen molar-refractivity contribution in [1.82, 2.24) is 9.78 Å².